The van der Waals surface area contributed by atoms with Crippen molar-refractivity contribution in [2.75, 3.05) is 5.73 Å². The molecule has 4 nitrogen and oxygen atoms in total. The molecule has 4 rings (SSSR count). The second kappa shape index (κ2) is 4.31. The predicted octanol–water partition coefficient (Wildman–Crippen LogP) is 3.25. The number of rotatable bonds is 1. The quantitative estimate of drug-likeness (QED) is 0.746. The number of hydrogen-bond acceptors (Lipinski definition) is 3. The van der Waals surface area contributed by atoms with Gasteiger partial charge in [0.05, 0.1) is 5.69 Å². The first-order valence-electron chi connectivity index (χ1n) is 6.64. The predicted molar refractivity (Wildman–Crippen MR) is 83.0 cm³/mol. The van der Waals surface area contributed by atoms with E-state index in [9.17, 15) is 0 Å². The molecule has 100 valence electrons. The minimum atomic E-state index is 0.476. The molecule has 20 heavy (non-hydrogen) atoms. The third-order valence-electron chi connectivity index (χ3n) is 3.83. The zero-order chi connectivity index (χ0) is 13.7. The number of hydrogen-bond donors (Lipinski definition) is 1. The van der Waals surface area contributed by atoms with Crippen LogP contribution in [0, 0.1) is 0 Å². The highest BCUT2D eigenvalue weighted by atomic mass is 79.9. The average Bonchev–Trinajstić information content (AvgIpc) is 3.00. The third-order valence-corrected chi connectivity index (χ3v) is 4.26. The highest BCUT2D eigenvalue weighted by molar-refractivity contribution is 9.10. The number of nitrogens with zero attached hydrogens (tertiary/aromatic N) is 3. The van der Waals surface area contributed by atoms with Crippen LogP contribution in [-0.4, -0.2) is 14.5 Å². The van der Waals surface area contributed by atoms with Gasteiger partial charge in [0, 0.05) is 10.7 Å². The van der Waals surface area contributed by atoms with E-state index in [0.717, 1.165) is 27.7 Å². The van der Waals surface area contributed by atoms with E-state index in [0.29, 0.717) is 5.95 Å². The highest BCUT2D eigenvalue weighted by Gasteiger charge is 2.15. The van der Waals surface area contributed by atoms with E-state index in [2.05, 4.69) is 44.1 Å². The Hall–Kier alpha value is -1.88. The van der Waals surface area contributed by atoms with Crippen LogP contribution in [0.2, 0.25) is 0 Å². The van der Waals surface area contributed by atoms with E-state index in [1.807, 2.05) is 10.6 Å². The van der Waals surface area contributed by atoms with Gasteiger partial charge in [0.25, 0.3) is 0 Å². The molecule has 0 spiro atoms. The lowest BCUT2D eigenvalue weighted by atomic mass is 10.1. The molecule has 2 aromatic heterocycles. The van der Waals surface area contributed by atoms with Crippen molar-refractivity contribution in [3.8, 4) is 5.69 Å². The van der Waals surface area contributed by atoms with Gasteiger partial charge in [0.15, 0.2) is 5.65 Å². The fourth-order valence-corrected chi connectivity index (χ4v) is 3.23. The number of nitrogens with two attached hydrogens (primary N) is 1. The van der Waals surface area contributed by atoms with E-state index in [1.54, 1.807) is 6.20 Å². The Labute approximate surface area is 124 Å². The molecule has 1 aliphatic carbocycles. The lowest BCUT2D eigenvalue weighted by molar-refractivity contribution is 0.911. The standard InChI is InChI=1S/C15H13BrN4/c16-11-7-13-14(18-8-11)20(15(17)19-13)12-5-4-9-2-1-3-10(9)6-12/h4-8H,1-3H2,(H2,17,19). The molecule has 0 amide bonds. The van der Waals surface area contributed by atoms with Crippen molar-refractivity contribution in [1.29, 1.82) is 0 Å². The number of imidazole rings is 1. The van der Waals surface area contributed by atoms with Gasteiger partial charge in [0.2, 0.25) is 5.95 Å². The van der Waals surface area contributed by atoms with Crippen LogP contribution in [0.3, 0.4) is 0 Å². The topological polar surface area (TPSA) is 56.7 Å². The zero-order valence-corrected chi connectivity index (χ0v) is 12.4. The minimum Gasteiger partial charge on any atom is -0.369 e. The van der Waals surface area contributed by atoms with Crippen LogP contribution in [0.15, 0.2) is 34.9 Å². The summed E-state index contributed by atoms with van der Waals surface area (Å²) in [6.07, 6.45) is 5.34. The molecule has 0 aliphatic heterocycles. The van der Waals surface area contributed by atoms with Crippen molar-refractivity contribution in [2.24, 2.45) is 0 Å². The molecule has 0 saturated heterocycles. The molecule has 0 fully saturated rings. The van der Waals surface area contributed by atoms with E-state index < -0.39 is 0 Å². The number of fused-ring (bicyclic) bond motifs is 2. The summed E-state index contributed by atoms with van der Waals surface area (Å²) in [4.78, 5) is 8.84. The van der Waals surface area contributed by atoms with Crippen molar-refractivity contribution >= 4 is 33.0 Å². The van der Waals surface area contributed by atoms with Crippen molar-refractivity contribution in [2.45, 2.75) is 19.3 Å². The van der Waals surface area contributed by atoms with E-state index in [-0.39, 0.29) is 0 Å². The number of pyridine rings is 1. The van der Waals surface area contributed by atoms with Gasteiger partial charge in [0.1, 0.15) is 5.52 Å². The zero-order valence-electron chi connectivity index (χ0n) is 10.8. The van der Waals surface area contributed by atoms with Crippen molar-refractivity contribution < 1.29 is 0 Å². The Kier molecular flexibility index (Phi) is 2.57. The molecule has 5 heteroatoms. The number of anilines is 1. The molecular weight excluding hydrogens is 316 g/mol. The number of aryl methyl sites for hydroxylation is 2. The summed E-state index contributed by atoms with van der Waals surface area (Å²) in [7, 11) is 0. The van der Waals surface area contributed by atoms with Gasteiger partial charge in [-0.05, 0) is 64.5 Å². The summed E-state index contributed by atoms with van der Waals surface area (Å²) < 4.78 is 2.82. The Morgan fingerprint density at radius 1 is 1.15 bits per heavy atom. The summed E-state index contributed by atoms with van der Waals surface area (Å²) in [5.74, 6) is 0.476. The van der Waals surface area contributed by atoms with Gasteiger partial charge < -0.3 is 5.73 Å². The molecule has 1 aliphatic rings. The van der Waals surface area contributed by atoms with Crippen LogP contribution in [-0.2, 0) is 12.8 Å². The fraction of sp³-hybridized carbons (Fsp3) is 0.200. The summed E-state index contributed by atoms with van der Waals surface area (Å²) in [6.45, 7) is 0. The summed E-state index contributed by atoms with van der Waals surface area (Å²) in [5.41, 5.74) is 11.6. The number of nitrogen functional groups attached to an aromatic ring is 1. The molecular formula is C15H13BrN4. The monoisotopic (exact) mass is 328 g/mol. The first-order valence-corrected chi connectivity index (χ1v) is 7.43. The molecule has 0 saturated carbocycles. The van der Waals surface area contributed by atoms with E-state index in [1.165, 1.54) is 24.0 Å². The molecule has 2 N–H and O–H groups in total. The van der Waals surface area contributed by atoms with Gasteiger partial charge in [-0.1, -0.05) is 6.07 Å². The smallest absolute Gasteiger partial charge is 0.207 e. The molecule has 1 aromatic carbocycles. The third kappa shape index (κ3) is 1.73. The largest absolute Gasteiger partial charge is 0.369 e. The van der Waals surface area contributed by atoms with Crippen molar-refractivity contribution in [1.82, 2.24) is 14.5 Å². The lowest BCUT2D eigenvalue weighted by Gasteiger charge is -2.08. The van der Waals surface area contributed by atoms with Crippen LogP contribution in [0.4, 0.5) is 5.95 Å². The molecule has 2 heterocycles. The van der Waals surface area contributed by atoms with Gasteiger partial charge in [-0.15, -0.1) is 0 Å². The maximum atomic E-state index is 6.08. The minimum absolute atomic E-state index is 0.476. The highest BCUT2D eigenvalue weighted by Crippen LogP contribution is 2.28. The Balaban J connectivity index is 1.96. The maximum Gasteiger partial charge on any atom is 0.207 e. The molecule has 0 unspecified atom stereocenters. The van der Waals surface area contributed by atoms with E-state index >= 15 is 0 Å². The van der Waals surface area contributed by atoms with Crippen LogP contribution in [0.5, 0.6) is 0 Å². The van der Waals surface area contributed by atoms with Gasteiger partial charge in [-0.3, -0.25) is 4.57 Å². The normalized spacial score (nSPS) is 13.8. The molecule has 0 bridgehead atoms. The SMILES string of the molecule is Nc1nc2cc(Br)cnc2n1-c1ccc2c(c1)CCC2. The first kappa shape index (κ1) is 11.9. The molecule has 0 atom stereocenters. The van der Waals surface area contributed by atoms with Gasteiger partial charge in [-0.25, -0.2) is 9.97 Å². The number of aromatic nitrogens is 3. The second-order valence-corrected chi connectivity index (χ2v) is 6.02. The van der Waals surface area contributed by atoms with Crippen LogP contribution >= 0.6 is 15.9 Å². The van der Waals surface area contributed by atoms with Crippen molar-refractivity contribution in [3.05, 3.63) is 46.1 Å². The second-order valence-electron chi connectivity index (χ2n) is 5.11. The van der Waals surface area contributed by atoms with Gasteiger partial charge in [-0.2, -0.15) is 0 Å². The molecule has 3 aromatic rings. The number of halogens is 1. The average molecular weight is 329 g/mol. The number of benzene rings is 1. The summed E-state index contributed by atoms with van der Waals surface area (Å²) >= 11 is 3.41. The Morgan fingerprint density at radius 3 is 2.90 bits per heavy atom. The van der Waals surface area contributed by atoms with Crippen LogP contribution in [0.1, 0.15) is 17.5 Å². The van der Waals surface area contributed by atoms with Gasteiger partial charge >= 0.3 is 0 Å². The van der Waals surface area contributed by atoms with Crippen LogP contribution in [0.25, 0.3) is 16.9 Å². The van der Waals surface area contributed by atoms with Crippen LogP contribution < -0.4 is 5.73 Å². The molecule has 0 radical (unpaired) electrons. The maximum absolute atomic E-state index is 6.08. The Morgan fingerprint density at radius 2 is 2.00 bits per heavy atom. The lowest BCUT2D eigenvalue weighted by Crippen LogP contribution is -2.02. The summed E-state index contributed by atoms with van der Waals surface area (Å²) in [5, 5.41) is 0. The summed E-state index contributed by atoms with van der Waals surface area (Å²) in [6, 6.07) is 8.44. The van der Waals surface area contributed by atoms with Crippen molar-refractivity contribution in [3.63, 3.8) is 0 Å². The van der Waals surface area contributed by atoms with E-state index in [4.69, 9.17) is 5.73 Å². The Bertz CT molecular complexity index is 822. The fourth-order valence-electron chi connectivity index (χ4n) is 2.91. The first-order chi connectivity index (χ1) is 9.72.